The minimum atomic E-state index is -0.950. The number of ether oxygens (including phenoxy) is 1. The Hall–Kier alpha value is -4.33. The van der Waals surface area contributed by atoms with E-state index in [1.165, 1.54) is 4.90 Å². The summed E-state index contributed by atoms with van der Waals surface area (Å²) < 4.78 is 12.3. The van der Waals surface area contributed by atoms with Crippen LogP contribution in [0.3, 0.4) is 0 Å². The number of carboxylic acid groups (broad SMARTS) is 1. The summed E-state index contributed by atoms with van der Waals surface area (Å²) in [6, 6.07) is 19.2. The number of anilines is 1. The number of hydrogen-bond acceptors (Lipinski definition) is 6. The van der Waals surface area contributed by atoms with E-state index in [1.54, 1.807) is 25.4 Å². The van der Waals surface area contributed by atoms with E-state index in [1.807, 2.05) is 55.5 Å². The number of pyridine rings is 1. The first-order valence-corrected chi connectivity index (χ1v) is 12.6. The Morgan fingerprint density at radius 2 is 1.87 bits per heavy atom. The van der Waals surface area contributed by atoms with Gasteiger partial charge in [0, 0.05) is 24.5 Å². The van der Waals surface area contributed by atoms with Crippen molar-refractivity contribution in [3.05, 3.63) is 89.4 Å². The lowest BCUT2D eigenvalue weighted by Gasteiger charge is -2.22. The SMILES string of the molecule is Cc1c(C(Nc2ccc(C(=O)N(C)CCC(=O)O)nc2)C(C)C)oc2ccc(OCc3ccccc3)cc12. The Morgan fingerprint density at radius 1 is 1.11 bits per heavy atom. The van der Waals surface area contributed by atoms with E-state index >= 15 is 0 Å². The van der Waals surface area contributed by atoms with Gasteiger partial charge in [0.15, 0.2) is 0 Å². The largest absolute Gasteiger partial charge is 0.489 e. The topological polar surface area (TPSA) is 105 Å². The molecule has 0 saturated carbocycles. The fourth-order valence-electron chi connectivity index (χ4n) is 4.23. The summed E-state index contributed by atoms with van der Waals surface area (Å²) in [5.41, 5.74) is 3.94. The normalized spacial score (nSPS) is 11.9. The molecular formula is C30H33N3O5. The molecule has 198 valence electrons. The monoisotopic (exact) mass is 515 g/mol. The van der Waals surface area contributed by atoms with Gasteiger partial charge in [-0.1, -0.05) is 44.2 Å². The van der Waals surface area contributed by atoms with Crippen LogP contribution in [-0.4, -0.2) is 40.5 Å². The Morgan fingerprint density at radius 3 is 2.53 bits per heavy atom. The van der Waals surface area contributed by atoms with Crippen LogP contribution in [0.1, 0.15) is 53.7 Å². The third-order valence-electron chi connectivity index (χ3n) is 6.45. The van der Waals surface area contributed by atoms with E-state index < -0.39 is 5.97 Å². The van der Waals surface area contributed by atoms with Crippen LogP contribution in [0.4, 0.5) is 5.69 Å². The molecule has 2 aromatic heterocycles. The molecule has 0 aliphatic heterocycles. The van der Waals surface area contributed by atoms with E-state index in [0.29, 0.717) is 6.61 Å². The number of nitrogens with one attached hydrogen (secondary N) is 1. The smallest absolute Gasteiger partial charge is 0.305 e. The second-order valence-corrected chi connectivity index (χ2v) is 9.69. The van der Waals surface area contributed by atoms with Crippen LogP contribution in [0, 0.1) is 12.8 Å². The quantitative estimate of drug-likeness (QED) is 0.250. The predicted octanol–water partition coefficient (Wildman–Crippen LogP) is 6.07. The molecule has 2 heterocycles. The number of carbonyl (C=O) groups excluding carboxylic acids is 1. The molecule has 8 heteroatoms. The summed E-state index contributed by atoms with van der Waals surface area (Å²) in [4.78, 5) is 29.0. The van der Waals surface area contributed by atoms with Crippen LogP contribution in [0.2, 0.25) is 0 Å². The Bertz CT molecular complexity index is 1400. The molecule has 2 aromatic carbocycles. The molecule has 0 saturated heterocycles. The van der Waals surface area contributed by atoms with Gasteiger partial charge in [0.05, 0.1) is 24.3 Å². The lowest BCUT2D eigenvalue weighted by atomic mass is 9.98. The number of nitrogens with zero attached hydrogens (tertiary/aromatic N) is 2. The van der Waals surface area contributed by atoms with E-state index in [-0.39, 0.29) is 36.5 Å². The average molecular weight is 516 g/mol. The number of amides is 1. The first-order chi connectivity index (χ1) is 18.2. The number of furan rings is 1. The van der Waals surface area contributed by atoms with E-state index in [0.717, 1.165) is 39.3 Å². The average Bonchev–Trinajstić information content (AvgIpc) is 3.24. The molecule has 1 amide bonds. The number of aliphatic carboxylic acids is 1. The summed E-state index contributed by atoms with van der Waals surface area (Å²) in [5, 5.41) is 13.3. The number of carboxylic acids is 1. The van der Waals surface area contributed by atoms with Crippen molar-refractivity contribution >= 4 is 28.5 Å². The second-order valence-electron chi connectivity index (χ2n) is 9.69. The van der Waals surface area contributed by atoms with Gasteiger partial charge in [-0.25, -0.2) is 4.98 Å². The summed E-state index contributed by atoms with van der Waals surface area (Å²) in [5.74, 6) is 0.546. The number of carbonyl (C=O) groups is 2. The third-order valence-corrected chi connectivity index (χ3v) is 6.45. The molecular weight excluding hydrogens is 482 g/mol. The summed E-state index contributed by atoms with van der Waals surface area (Å²) in [6.07, 6.45) is 1.50. The maximum absolute atomic E-state index is 12.5. The summed E-state index contributed by atoms with van der Waals surface area (Å²) >= 11 is 0. The number of aryl methyl sites for hydroxylation is 1. The van der Waals surface area contributed by atoms with Crippen molar-refractivity contribution in [2.75, 3.05) is 18.9 Å². The van der Waals surface area contributed by atoms with E-state index in [2.05, 4.69) is 24.1 Å². The molecule has 4 aromatic rings. The molecule has 1 unspecified atom stereocenters. The highest BCUT2D eigenvalue weighted by Crippen LogP contribution is 2.36. The molecule has 4 rings (SSSR count). The zero-order valence-corrected chi connectivity index (χ0v) is 22.1. The van der Waals surface area contributed by atoms with Crippen LogP contribution in [-0.2, 0) is 11.4 Å². The van der Waals surface area contributed by atoms with Crippen molar-refractivity contribution in [1.29, 1.82) is 0 Å². The number of benzene rings is 2. The number of rotatable bonds is 11. The van der Waals surface area contributed by atoms with Gasteiger partial charge in [0.25, 0.3) is 5.91 Å². The predicted molar refractivity (Wildman–Crippen MR) is 146 cm³/mol. The van der Waals surface area contributed by atoms with Gasteiger partial charge in [-0.2, -0.15) is 0 Å². The van der Waals surface area contributed by atoms with Crippen molar-refractivity contribution < 1.29 is 23.8 Å². The van der Waals surface area contributed by atoms with Gasteiger partial charge in [0.2, 0.25) is 0 Å². The Balaban J connectivity index is 1.49. The van der Waals surface area contributed by atoms with Gasteiger partial charge < -0.3 is 24.5 Å². The number of fused-ring (bicyclic) bond motifs is 1. The third kappa shape index (κ3) is 6.32. The van der Waals surface area contributed by atoms with Crippen LogP contribution >= 0.6 is 0 Å². The zero-order chi connectivity index (χ0) is 27.2. The number of aromatic nitrogens is 1. The lowest BCUT2D eigenvalue weighted by Crippen LogP contribution is -2.29. The van der Waals surface area contributed by atoms with E-state index in [9.17, 15) is 9.59 Å². The van der Waals surface area contributed by atoms with Crippen molar-refractivity contribution in [1.82, 2.24) is 9.88 Å². The van der Waals surface area contributed by atoms with Crippen LogP contribution in [0.15, 0.2) is 71.3 Å². The number of hydrogen-bond donors (Lipinski definition) is 2. The lowest BCUT2D eigenvalue weighted by molar-refractivity contribution is -0.137. The highest BCUT2D eigenvalue weighted by Gasteiger charge is 2.24. The summed E-state index contributed by atoms with van der Waals surface area (Å²) in [7, 11) is 1.57. The minimum absolute atomic E-state index is 0.116. The van der Waals surface area contributed by atoms with Crippen molar-refractivity contribution in [2.45, 2.75) is 39.8 Å². The Kier molecular flexibility index (Phi) is 8.31. The van der Waals surface area contributed by atoms with Gasteiger partial charge >= 0.3 is 5.97 Å². The maximum Gasteiger partial charge on any atom is 0.305 e. The fourth-order valence-corrected chi connectivity index (χ4v) is 4.23. The molecule has 0 bridgehead atoms. The van der Waals surface area contributed by atoms with Crippen molar-refractivity contribution in [3.8, 4) is 5.75 Å². The molecule has 0 radical (unpaired) electrons. The van der Waals surface area contributed by atoms with E-state index in [4.69, 9.17) is 14.3 Å². The van der Waals surface area contributed by atoms with Gasteiger partial charge in [-0.15, -0.1) is 0 Å². The molecule has 0 aliphatic carbocycles. The Labute approximate surface area is 222 Å². The molecule has 0 spiro atoms. The highest BCUT2D eigenvalue weighted by atomic mass is 16.5. The zero-order valence-electron chi connectivity index (χ0n) is 22.1. The fraction of sp³-hybridized carbons (Fsp3) is 0.300. The minimum Gasteiger partial charge on any atom is -0.489 e. The van der Waals surface area contributed by atoms with Crippen LogP contribution in [0.5, 0.6) is 5.75 Å². The van der Waals surface area contributed by atoms with Crippen molar-refractivity contribution in [3.63, 3.8) is 0 Å². The first-order valence-electron chi connectivity index (χ1n) is 12.6. The summed E-state index contributed by atoms with van der Waals surface area (Å²) in [6.45, 7) is 6.89. The maximum atomic E-state index is 12.5. The molecule has 1 atom stereocenters. The van der Waals surface area contributed by atoms with Gasteiger partial charge in [0.1, 0.15) is 29.4 Å². The highest BCUT2D eigenvalue weighted by molar-refractivity contribution is 5.92. The molecule has 38 heavy (non-hydrogen) atoms. The molecule has 0 aliphatic rings. The first kappa shape index (κ1) is 26.7. The van der Waals surface area contributed by atoms with Crippen LogP contribution < -0.4 is 10.1 Å². The van der Waals surface area contributed by atoms with Crippen molar-refractivity contribution in [2.24, 2.45) is 5.92 Å². The molecule has 0 fully saturated rings. The molecule has 8 nitrogen and oxygen atoms in total. The standard InChI is InChI=1S/C30H33N3O5/c1-19(2)28(32-22-10-12-25(31-17-22)30(36)33(4)15-14-27(34)35)29-20(3)24-16-23(11-13-26(24)38-29)37-18-21-8-6-5-7-9-21/h5-13,16-17,19,28,32H,14-15,18H2,1-4H3,(H,34,35). The van der Waals surface area contributed by atoms with Crippen LogP contribution in [0.25, 0.3) is 11.0 Å². The second kappa shape index (κ2) is 11.8. The van der Waals surface area contributed by atoms with Gasteiger partial charge in [-0.3, -0.25) is 9.59 Å². The van der Waals surface area contributed by atoms with Gasteiger partial charge in [-0.05, 0) is 48.7 Å². The molecule has 2 N–H and O–H groups in total.